The fourth-order valence-electron chi connectivity index (χ4n) is 5.13. The summed E-state index contributed by atoms with van der Waals surface area (Å²) in [5, 5.41) is 7.29. The van der Waals surface area contributed by atoms with Gasteiger partial charge >= 0.3 is 5.97 Å². The second-order valence-corrected chi connectivity index (χ2v) is 10.7. The Morgan fingerprint density at radius 3 is 2.44 bits per heavy atom. The highest BCUT2D eigenvalue weighted by Crippen LogP contribution is 2.38. The molecule has 0 atom stereocenters. The third kappa shape index (κ3) is 6.84. The molecule has 0 unspecified atom stereocenters. The molecule has 4 aromatic rings. The molecule has 9 nitrogen and oxygen atoms in total. The highest BCUT2D eigenvalue weighted by molar-refractivity contribution is 6.30. The molecule has 5 rings (SSSR count). The van der Waals surface area contributed by atoms with Crippen LogP contribution in [0.3, 0.4) is 0 Å². The maximum Gasteiger partial charge on any atom is 0.338 e. The standard InChI is InChI=1S/C33H35ClN4O5/c1-4-42-33(40)24-14-12-23(13-15-24)21-43-28-11-7-6-10-26(28)31-22(2)30(32(39)36-37-18-8-5-9-19-37)35-38(31)27-17-16-25(34)20-29(27)41-3/h6-7,10-17,20H,4-5,8-9,18-19,21H2,1-3H3,(H,36,39). The molecular formula is C33H35ClN4O5. The number of para-hydroxylation sites is 1. The van der Waals surface area contributed by atoms with Crippen molar-refractivity contribution in [3.63, 3.8) is 0 Å². The van der Waals surface area contributed by atoms with Gasteiger partial charge < -0.3 is 14.2 Å². The molecule has 1 aliphatic heterocycles. The van der Waals surface area contributed by atoms with Crippen LogP contribution in [0, 0.1) is 6.92 Å². The number of carbonyl (C=O) groups excluding carboxylic acids is 2. The van der Waals surface area contributed by atoms with Crippen molar-refractivity contribution in [1.82, 2.24) is 20.2 Å². The predicted molar refractivity (Wildman–Crippen MR) is 165 cm³/mol. The summed E-state index contributed by atoms with van der Waals surface area (Å²) in [5.74, 6) is 0.491. The lowest BCUT2D eigenvalue weighted by Crippen LogP contribution is -2.45. The molecule has 0 bridgehead atoms. The van der Waals surface area contributed by atoms with E-state index in [9.17, 15) is 9.59 Å². The van der Waals surface area contributed by atoms with Crippen molar-refractivity contribution < 1.29 is 23.8 Å². The van der Waals surface area contributed by atoms with E-state index in [1.807, 2.05) is 54.4 Å². The minimum atomic E-state index is -0.359. The first kappa shape index (κ1) is 30.1. The molecule has 43 heavy (non-hydrogen) atoms. The van der Waals surface area contributed by atoms with Crippen molar-refractivity contribution in [1.29, 1.82) is 0 Å². The predicted octanol–water partition coefficient (Wildman–Crippen LogP) is 6.40. The smallest absolute Gasteiger partial charge is 0.338 e. The largest absolute Gasteiger partial charge is 0.494 e. The van der Waals surface area contributed by atoms with E-state index in [2.05, 4.69) is 5.43 Å². The van der Waals surface area contributed by atoms with Gasteiger partial charge in [0.25, 0.3) is 5.91 Å². The number of aromatic nitrogens is 2. The Bertz CT molecular complexity index is 1600. The zero-order valence-electron chi connectivity index (χ0n) is 24.6. The zero-order chi connectivity index (χ0) is 30.3. The number of ether oxygens (including phenoxy) is 3. The van der Waals surface area contributed by atoms with Crippen LogP contribution < -0.4 is 14.9 Å². The number of nitrogens with zero attached hydrogens (tertiary/aromatic N) is 3. The third-order valence-corrected chi connectivity index (χ3v) is 7.56. The van der Waals surface area contributed by atoms with E-state index in [4.69, 9.17) is 30.9 Å². The summed E-state index contributed by atoms with van der Waals surface area (Å²) >= 11 is 6.28. The highest BCUT2D eigenvalue weighted by Gasteiger charge is 2.27. The summed E-state index contributed by atoms with van der Waals surface area (Å²) in [6.45, 7) is 5.86. The Kier molecular flexibility index (Phi) is 9.64. The van der Waals surface area contributed by atoms with Crippen molar-refractivity contribution in [3.05, 3.63) is 94.1 Å². The second-order valence-electron chi connectivity index (χ2n) is 10.2. The van der Waals surface area contributed by atoms with Crippen LogP contribution >= 0.6 is 11.6 Å². The molecule has 3 aromatic carbocycles. The van der Waals surface area contributed by atoms with Crippen LogP contribution in [-0.2, 0) is 11.3 Å². The van der Waals surface area contributed by atoms with Crippen molar-refractivity contribution in [2.45, 2.75) is 39.7 Å². The molecule has 1 amide bonds. The summed E-state index contributed by atoms with van der Waals surface area (Å²) in [5.41, 5.74) is 7.49. The van der Waals surface area contributed by atoms with Crippen LogP contribution in [0.4, 0.5) is 0 Å². The van der Waals surface area contributed by atoms with Crippen LogP contribution in [0.25, 0.3) is 16.9 Å². The number of esters is 1. The van der Waals surface area contributed by atoms with Crippen LogP contribution in [0.1, 0.15) is 58.2 Å². The number of benzene rings is 3. The van der Waals surface area contributed by atoms with Crippen LogP contribution in [-0.4, -0.2) is 53.5 Å². The molecule has 224 valence electrons. The Balaban J connectivity index is 1.51. The number of hydrazine groups is 1. The summed E-state index contributed by atoms with van der Waals surface area (Å²) in [4.78, 5) is 25.6. The Labute approximate surface area is 256 Å². The fraction of sp³-hybridized carbons (Fsp3) is 0.303. The van der Waals surface area contributed by atoms with E-state index in [1.54, 1.807) is 43.0 Å². The zero-order valence-corrected chi connectivity index (χ0v) is 25.3. The number of hydrogen-bond acceptors (Lipinski definition) is 7. The number of hydrogen-bond donors (Lipinski definition) is 1. The van der Waals surface area contributed by atoms with Crippen LogP contribution in [0.5, 0.6) is 11.5 Å². The van der Waals surface area contributed by atoms with Gasteiger partial charge in [0.15, 0.2) is 5.69 Å². The van der Waals surface area contributed by atoms with E-state index in [0.717, 1.165) is 43.5 Å². The molecular weight excluding hydrogens is 568 g/mol. The summed E-state index contributed by atoms with van der Waals surface area (Å²) in [7, 11) is 1.57. The fourth-order valence-corrected chi connectivity index (χ4v) is 5.29. The molecule has 1 aliphatic rings. The number of amides is 1. The number of halogens is 1. The molecule has 0 saturated carbocycles. The van der Waals surface area contributed by atoms with E-state index in [-0.39, 0.29) is 18.5 Å². The Morgan fingerprint density at radius 2 is 1.72 bits per heavy atom. The van der Waals surface area contributed by atoms with Gasteiger partial charge in [0.2, 0.25) is 0 Å². The van der Waals surface area contributed by atoms with Gasteiger partial charge in [0.05, 0.1) is 25.0 Å². The van der Waals surface area contributed by atoms with Gasteiger partial charge in [0.1, 0.15) is 23.8 Å². The Morgan fingerprint density at radius 1 is 0.977 bits per heavy atom. The van der Waals surface area contributed by atoms with Crippen LogP contribution in [0.15, 0.2) is 66.7 Å². The Hall–Kier alpha value is -4.34. The number of nitrogens with one attached hydrogen (secondary N) is 1. The summed E-state index contributed by atoms with van der Waals surface area (Å²) in [6, 6.07) is 20.1. The second kappa shape index (κ2) is 13.8. The molecule has 1 saturated heterocycles. The molecule has 1 aromatic heterocycles. The SMILES string of the molecule is CCOC(=O)c1ccc(COc2ccccc2-c2c(C)c(C(=O)NN3CCCCC3)nn2-c2ccc(Cl)cc2OC)cc1. The number of piperidine rings is 1. The van der Waals surface area contributed by atoms with Crippen molar-refractivity contribution >= 4 is 23.5 Å². The highest BCUT2D eigenvalue weighted by atomic mass is 35.5. The third-order valence-electron chi connectivity index (χ3n) is 7.32. The van der Waals surface area contributed by atoms with Gasteiger partial charge in [-0.1, -0.05) is 42.3 Å². The minimum Gasteiger partial charge on any atom is -0.494 e. The average molecular weight is 603 g/mol. The molecule has 1 fully saturated rings. The van der Waals surface area contributed by atoms with Gasteiger partial charge in [-0.3, -0.25) is 10.2 Å². The number of rotatable bonds is 10. The van der Waals surface area contributed by atoms with Crippen molar-refractivity contribution in [2.75, 3.05) is 26.8 Å². The first-order chi connectivity index (χ1) is 20.9. The first-order valence-electron chi connectivity index (χ1n) is 14.4. The monoisotopic (exact) mass is 602 g/mol. The van der Waals surface area contributed by atoms with E-state index >= 15 is 0 Å². The maximum atomic E-state index is 13.5. The number of carbonyl (C=O) groups is 2. The molecule has 0 aliphatic carbocycles. The lowest BCUT2D eigenvalue weighted by molar-refractivity contribution is 0.0526. The lowest BCUT2D eigenvalue weighted by Gasteiger charge is -2.26. The molecule has 2 heterocycles. The number of methoxy groups -OCH3 is 1. The topological polar surface area (TPSA) is 94.9 Å². The molecule has 0 spiro atoms. The normalized spacial score (nSPS) is 13.4. The van der Waals surface area contributed by atoms with Crippen LogP contribution in [0.2, 0.25) is 5.02 Å². The quantitative estimate of drug-likeness (QED) is 0.210. The summed E-state index contributed by atoms with van der Waals surface area (Å²) in [6.07, 6.45) is 3.24. The molecule has 0 radical (unpaired) electrons. The van der Waals surface area contributed by atoms with Crippen molar-refractivity contribution in [2.24, 2.45) is 0 Å². The molecule has 10 heteroatoms. The van der Waals surface area contributed by atoms with Gasteiger partial charge in [-0.05, 0) is 68.7 Å². The van der Waals surface area contributed by atoms with E-state index in [0.29, 0.717) is 51.3 Å². The summed E-state index contributed by atoms with van der Waals surface area (Å²) < 4.78 is 18.8. The van der Waals surface area contributed by atoms with E-state index in [1.165, 1.54) is 0 Å². The van der Waals surface area contributed by atoms with Crippen molar-refractivity contribution in [3.8, 4) is 28.4 Å². The lowest BCUT2D eigenvalue weighted by atomic mass is 10.0. The maximum absolute atomic E-state index is 13.5. The van der Waals surface area contributed by atoms with E-state index < -0.39 is 0 Å². The van der Waals surface area contributed by atoms with Gasteiger partial charge in [-0.2, -0.15) is 5.10 Å². The average Bonchev–Trinajstić information content (AvgIpc) is 3.37. The first-order valence-corrected chi connectivity index (χ1v) is 14.7. The minimum absolute atomic E-state index is 0.264. The van der Waals surface area contributed by atoms with Gasteiger partial charge in [-0.25, -0.2) is 14.5 Å². The van der Waals surface area contributed by atoms with Gasteiger partial charge in [-0.15, -0.1) is 0 Å². The van der Waals surface area contributed by atoms with Gasteiger partial charge in [0, 0.05) is 35.3 Å². The molecule has 1 N–H and O–H groups in total.